The van der Waals surface area contributed by atoms with Crippen LogP contribution in [0.1, 0.15) is 29.0 Å². The summed E-state index contributed by atoms with van der Waals surface area (Å²) in [6.45, 7) is 0. The van der Waals surface area contributed by atoms with Crippen LogP contribution in [0.5, 0.6) is 0 Å². The van der Waals surface area contributed by atoms with Gasteiger partial charge in [-0.1, -0.05) is 170 Å². The Balaban J connectivity index is 1.12. The molecule has 0 amide bonds. The van der Waals surface area contributed by atoms with Crippen molar-refractivity contribution in [3.05, 3.63) is 216 Å². The maximum Gasteiger partial charge on any atom is 0.154 e. The number of aliphatic imine (C=N–C) groups is 2. The molecule has 0 radical (unpaired) electrons. The molecule has 9 aromatic rings. The standard InChI is InChI=1S/C53H38N2O/c1-54-53(41-27-23-39(24-28-41)44-29-25-36-13-5-7-15-42(36)31-44)55-52(45-30-26-37-14-6-8-16-43(37)32-45)48-33-46(34-50-51(48)47-17-9-10-18-49(47)56-50)40-21-19-38(20-22-40)35-11-3-2-4-12-35/h2-23,25-34,39H,24H2,1H3. The Morgan fingerprint density at radius 1 is 0.554 bits per heavy atom. The Labute approximate surface area is 326 Å². The molecule has 1 heterocycles. The summed E-state index contributed by atoms with van der Waals surface area (Å²) in [5, 5.41) is 6.96. The van der Waals surface area contributed by atoms with Gasteiger partial charge in [0.1, 0.15) is 11.2 Å². The molecule has 0 fully saturated rings. The summed E-state index contributed by atoms with van der Waals surface area (Å²) >= 11 is 0. The highest BCUT2D eigenvalue weighted by Crippen LogP contribution is 2.38. The SMILES string of the molecule is CN=C(N=C(c1ccc2ccccc2c1)c1cc(-c2ccc(-c3ccccc3)cc2)cc2oc3ccccc3c12)C1=CCC(c2ccc3ccccc3c2)C=C1. The van der Waals surface area contributed by atoms with Crippen LogP contribution in [-0.2, 0) is 0 Å². The monoisotopic (exact) mass is 718 g/mol. The van der Waals surface area contributed by atoms with Crippen molar-refractivity contribution in [2.24, 2.45) is 9.98 Å². The summed E-state index contributed by atoms with van der Waals surface area (Å²) in [6.07, 6.45) is 7.66. The summed E-state index contributed by atoms with van der Waals surface area (Å²) in [5.41, 5.74) is 11.4. The van der Waals surface area contributed by atoms with E-state index in [-0.39, 0.29) is 5.92 Å². The van der Waals surface area contributed by atoms with Gasteiger partial charge in [-0.2, -0.15) is 0 Å². The zero-order valence-electron chi connectivity index (χ0n) is 31.1. The zero-order valence-corrected chi connectivity index (χ0v) is 31.1. The molecule has 10 rings (SSSR count). The molecule has 266 valence electrons. The fourth-order valence-corrected chi connectivity index (χ4v) is 8.13. The van der Waals surface area contributed by atoms with Crippen molar-refractivity contribution in [3.8, 4) is 22.3 Å². The molecule has 8 aromatic carbocycles. The highest BCUT2D eigenvalue weighted by atomic mass is 16.3. The molecule has 1 aromatic heterocycles. The Bertz CT molecular complexity index is 3050. The first-order valence-corrected chi connectivity index (χ1v) is 19.2. The van der Waals surface area contributed by atoms with Crippen molar-refractivity contribution >= 4 is 55.0 Å². The highest BCUT2D eigenvalue weighted by molar-refractivity contribution is 6.28. The molecule has 56 heavy (non-hydrogen) atoms. The van der Waals surface area contributed by atoms with E-state index >= 15 is 0 Å². The van der Waals surface area contributed by atoms with Gasteiger partial charge in [0.25, 0.3) is 0 Å². The molecule has 3 heteroatoms. The van der Waals surface area contributed by atoms with Gasteiger partial charge in [0.15, 0.2) is 5.84 Å². The molecule has 0 saturated carbocycles. The van der Waals surface area contributed by atoms with Gasteiger partial charge in [-0.15, -0.1) is 0 Å². The number of furan rings is 1. The lowest BCUT2D eigenvalue weighted by Crippen LogP contribution is -2.11. The summed E-state index contributed by atoms with van der Waals surface area (Å²) in [4.78, 5) is 10.4. The van der Waals surface area contributed by atoms with Crippen molar-refractivity contribution in [1.82, 2.24) is 0 Å². The number of benzene rings is 8. The van der Waals surface area contributed by atoms with E-state index in [4.69, 9.17) is 14.4 Å². The maximum absolute atomic E-state index is 6.63. The van der Waals surface area contributed by atoms with Gasteiger partial charge < -0.3 is 4.42 Å². The minimum atomic E-state index is 0.285. The summed E-state index contributed by atoms with van der Waals surface area (Å²) in [6, 6.07) is 62.5. The van der Waals surface area contributed by atoms with E-state index in [1.807, 2.05) is 19.2 Å². The normalized spacial score (nSPS) is 14.9. The Morgan fingerprint density at radius 2 is 1.20 bits per heavy atom. The molecule has 0 spiro atoms. The van der Waals surface area contributed by atoms with Crippen LogP contribution in [-0.4, -0.2) is 18.6 Å². The van der Waals surface area contributed by atoms with Gasteiger partial charge in [-0.3, -0.25) is 4.99 Å². The first-order valence-electron chi connectivity index (χ1n) is 19.2. The molecular formula is C53H38N2O. The van der Waals surface area contributed by atoms with E-state index < -0.39 is 0 Å². The lowest BCUT2D eigenvalue weighted by Gasteiger charge is -2.18. The third-order valence-corrected chi connectivity index (χ3v) is 11.1. The summed E-state index contributed by atoms with van der Waals surface area (Å²) in [5.74, 6) is 0.979. The number of para-hydroxylation sites is 1. The number of hydrogen-bond donors (Lipinski definition) is 0. The molecule has 1 atom stereocenters. The predicted octanol–water partition coefficient (Wildman–Crippen LogP) is 13.8. The van der Waals surface area contributed by atoms with E-state index in [9.17, 15) is 0 Å². The fraction of sp³-hybridized carbons (Fsp3) is 0.0566. The number of allylic oxidation sites excluding steroid dienone is 2. The van der Waals surface area contributed by atoms with Crippen LogP contribution >= 0.6 is 0 Å². The fourth-order valence-electron chi connectivity index (χ4n) is 8.13. The van der Waals surface area contributed by atoms with Gasteiger partial charge in [-0.05, 0) is 80.0 Å². The topological polar surface area (TPSA) is 37.9 Å². The van der Waals surface area contributed by atoms with Gasteiger partial charge in [-0.25, -0.2) is 4.99 Å². The van der Waals surface area contributed by atoms with Gasteiger partial charge in [0, 0.05) is 40.4 Å². The molecule has 0 aliphatic heterocycles. The predicted molar refractivity (Wildman–Crippen MR) is 236 cm³/mol. The van der Waals surface area contributed by atoms with Gasteiger partial charge >= 0.3 is 0 Å². The van der Waals surface area contributed by atoms with Crippen LogP contribution in [0.2, 0.25) is 0 Å². The highest BCUT2D eigenvalue weighted by Gasteiger charge is 2.21. The molecule has 1 unspecified atom stereocenters. The molecule has 0 saturated heterocycles. The average molecular weight is 719 g/mol. The van der Waals surface area contributed by atoms with Crippen molar-refractivity contribution in [2.45, 2.75) is 12.3 Å². The van der Waals surface area contributed by atoms with Crippen LogP contribution in [0.25, 0.3) is 65.7 Å². The van der Waals surface area contributed by atoms with Crippen LogP contribution in [0, 0.1) is 0 Å². The van der Waals surface area contributed by atoms with Crippen molar-refractivity contribution in [2.75, 3.05) is 7.05 Å². The van der Waals surface area contributed by atoms with Crippen LogP contribution < -0.4 is 0 Å². The van der Waals surface area contributed by atoms with Crippen molar-refractivity contribution in [1.29, 1.82) is 0 Å². The molecule has 0 bridgehead atoms. The van der Waals surface area contributed by atoms with Gasteiger partial charge in [0.05, 0.1) is 5.71 Å². The number of fused-ring (bicyclic) bond motifs is 5. The van der Waals surface area contributed by atoms with Gasteiger partial charge in [0.2, 0.25) is 0 Å². The smallest absolute Gasteiger partial charge is 0.154 e. The van der Waals surface area contributed by atoms with E-state index in [1.54, 1.807) is 0 Å². The third kappa shape index (κ3) is 6.23. The molecule has 1 aliphatic carbocycles. The van der Waals surface area contributed by atoms with E-state index in [2.05, 4.69) is 182 Å². The third-order valence-electron chi connectivity index (χ3n) is 11.1. The second kappa shape index (κ2) is 14.3. The molecule has 0 N–H and O–H groups in total. The number of amidine groups is 1. The molecule has 3 nitrogen and oxygen atoms in total. The lowest BCUT2D eigenvalue weighted by atomic mass is 9.88. The minimum absolute atomic E-state index is 0.285. The van der Waals surface area contributed by atoms with E-state index in [0.717, 1.165) is 67.3 Å². The second-order valence-corrected chi connectivity index (χ2v) is 14.5. The van der Waals surface area contributed by atoms with Crippen molar-refractivity contribution in [3.63, 3.8) is 0 Å². The molecule has 1 aliphatic rings. The number of nitrogens with zero attached hydrogens (tertiary/aromatic N) is 2. The molecular weight excluding hydrogens is 681 g/mol. The Kier molecular flexibility index (Phi) is 8.53. The number of rotatable bonds is 6. The van der Waals surface area contributed by atoms with Crippen LogP contribution in [0.4, 0.5) is 0 Å². The Hall–Kier alpha value is -7.10. The van der Waals surface area contributed by atoms with Crippen LogP contribution in [0.15, 0.2) is 214 Å². The average Bonchev–Trinajstić information content (AvgIpc) is 3.65. The Morgan fingerprint density at radius 3 is 1.93 bits per heavy atom. The minimum Gasteiger partial charge on any atom is -0.456 e. The lowest BCUT2D eigenvalue weighted by molar-refractivity contribution is 0.669. The van der Waals surface area contributed by atoms with Crippen LogP contribution in [0.3, 0.4) is 0 Å². The first-order chi connectivity index (χ1) is 27.7. The van der Waals surface area contributed by atoms with E-state index in [0.29, 0.717) is 5.84 Å². The zero-order chi connectivity index (χ0) is 37.4. The largest absolute Gasteiger partial charge is 0.456 e. The number of hydrogen-bond acceptors (Lipinski definition) is 2. The maximum atomic E-state index is 6.63. The quantitative estimate of drug-likeness (QED) is 0.125. The first kappa shape index (κ1) is 33.5. The van der Waals surface area contributed by atoms with Crippen molar-refractivity contribution < 1.29 is 4.42 Å². The second-order valence-electron chi connectivity index (χ2n) is 14.5. The summed E-state index contributed by atoms with van der Waals surface area (Å²) < 4.78 is 6.63. The van der Waals surface area contributed by atoms with E-state index in [1.165, 1.54) is 32.8 Å². The summed E-state index contributed by atoms with van der Waals surface area (Å²) in [7, 11) is 1.84.